The Balaban J connectivity index is 2.11. The minimum atomic E-state index is 0.160. The van der Waals surface area contributed by atoms with Crippen molar-refractivity contribution in [2.75, 3.05) is 26.2 Å². The van der Waals surface area contributed by atoms with E-state index in [1.54, 1.807) is 0 Å². The van der Waals surface area contributed by atoms with Gasteiger partial charge < -0.3 is 9.84 Å². The van der Waals surface area contributed by atoms with Crippen molar-refractivity contribution >= 4 is 0 Å². The second-order valence-corrected chi connectivity index (χ2v) is 8.23. The average Bonchev–Trinajstić information content (AvgIpc) is 2.55. The molecule has 1 aliphatic rings. The van der Waals surface area contributed by atoms with E-state index < -0.39 is 0 Å². The monoisotopic (exact) mass is 333 g/mol. The van der Waals surface area contributed by atoms with Gasteiger partial charge in [-0.2, -0.15) is 0 Å². The number of aliphatic hydroxyl groups excluding tert-OH is 1. The molecule has 24 heavy (non-hydrogen) atoms. The molecule has 3 atom stereocenters. The maximum absolute atomic E-state index is 9.19. The smallest absolute Gasteiger partial charge is 0.0854 e. The van der Waals surface area contributed by atoms with Crippen molar-refractivity contribution < 1.29 is 9.84 Å². The molecule has 1 aromatic carbocycles. The predicted octanol–water partition coefficient (Wildman–Crippen LogP) is 4.15. The zero-order valence-electron chi connectivity index (χ0n) is 16.1. The van der Waals surface area contributed by atoms with Crippen molar-refractivity contribution in [1.29, 1.82) is 0 Å². The molecular formula is C21H35NO2. The van der Waals surface area contributed by atoms with Gasteiger partial charge in [0.1, 0.15) is 0 Å². The van der Waals surface area contributed by atoms with Crippen molar-refractivity contribution in [1.82, 2.24) is 4.90 Å². The van der Waals surface area contributed by atoms with Crippen LogP contribution in [-0.4, -0.2) is 42.4 Å². The van der Waals surface area contributed by atoms with Gasteiger partial charge in [-0.05, 0) is 41.8 Å². The zero-order chi connectivity index (χ0) is 17.7. The van der Waals surface area contributed by atoms with Crippen LogP contribution in [-0.2, 0) is 10.2 Å². The molecule has 0 saturated carbocycles. The van der Waals surface area contributed by atoms with Crippen LogP contribution in [0.25, 0.3) is 0 Å². The minimum absolute atomic E-state index is 0.160. The Kier molecular flexibility index (Phi) is 6.85. The van der Waals surface area contributed by atoms with Crippen molar-refractivity contribution in [2.45, 2.75) is 65.1 Å². The van der Waals surface area contributed by atoms with Crippen LogP contribution in [0.1, 0.15) is 64.7 Å². The molecule has 136 valence electrons. The lowest BCUT2D eigenvalue weighted by Crippen LogP contribution is -2.39. The number of benzene rings is 1. The van der Waals surface area contributed by atoms with E-state index in [-0.39, 0.29) is 24.2 Å². The molecular weight excluding hydrogens is 298 g/mol. The number of likely N-dealkylation sites (N-methyl/N-ethyl adjacent to an activating group) is 1. The Hall–Kier alpha value is -0.900. The molecule has 3 nitrogen and oxygen atoms in total. The topological polar surface area (TPSA) is 32.7 Å². The van der Waals surface area contributed by atoms with Crippen LogP contribution in [0.2, 0.25) is 0 Å². The Morgan fingerprint density at radius 1 is 1.25 bits per heavy atom. The van der Waals surface area contributed by atoms with Crippen LogP contribution < -0.4 is 0 Å². The highest BCUT2D eigenvalue weighted by Crippen LogP contribution is 2.37. The van der Waals surface area contributed by atoms with Crippen molar-refractivity contribution in [3.8, 4) is 0 Å². The van der Waals surface area contributed by atoms with Gasteiger partial charge >= 0.3 is 0 Å². The van der Waals surface area contributed by atoms with Gasteiger partial charge in [-0.1, -0.05) is 58.9 Å². The molecule has 0 aromatic heterocycles. The van der Waals surface area contributed by atoms with Gasteiger partial charge in [0.05, 0.1) is 18.8 Å². The summed E-state index contributed by atoms with van der Waals surface area (Å²) in [7, 11) is 0. The fourth-order valence-corrected chi connectivity index (χ4v) is 3.54. The lowest BCUT2D eigenvalue weighted by molar-refractivity contribution is -0.0919. The summed E-state index contributed by atoms with van der Waals surface area (Å²) in [6.45, 7) is 14.0. The number of ether oxygens (including phenoxy) is 1. The van der Waals surface area contributed by atoms with Crippen LogP contribution >= 0.6 is 0 Å². The first-order chi connectivity index (χ1) is 11.3. The summed E-state index contributed by atoms with van der Waals surface area (Å²) in [6, 6.07) is 8.92. The van der Waals surface area contributed by atoms with E-state index in [4.69, 9.17) is 4.74 Å². The fraction of sp³-hybridized carbons (Fsp3) is 0.714. The van der Waals surface area contributed by atoms with E-state index in [0.29, 0.717) is 5.92 Å². The Morgan fingerprint density at radius 2 is 2.00 bits per heavy atom. The summed E-state index contributed by atoms with van der Waals surface area (Å²) in [4.78, 5) is 2.28. The van der Waals surface area contributed by atoms with Crippen LogP contribution in [0.5, 0.6) is 0 Å². The quantitative estimate of drug-likeness (QED) is 0.849. The van der Waals surface area contributed by atoms with E-state index in [9.17, 15) is 5.11 Å². The summed E-state index contributed by atoms with van der Waals surface area (Å²) >= 11 is 0. The summed E-state index contributed by atoms with van der Waals surface area (Å²) in [6.07, 6.45) is 2.75. The third-order valence-electron chi connectivity index (χ3n) is 5.21. The number of hydrogen-bond acceptors (Lipinski definition) is 3. The molecule has 0 spiro atoms. The van der Waals surface area contributed by atoms with Gasteiger partial charge in [-0.15, -0.1) is 0 Å². The number of rotatable bonds is 6. The van der Waals surface area contributed by atoms with Gasteiger partial charge in [0, 0.05) is 13.1 Å². The van der Waals surface area contributed by atoms with Crippen LogP contribution in [0, 0.1) is 5.92 Å². The zero-order valence-corrected chi connectivity index (χ0v) is 16.1. The minimum Gasteiger partial charge on any atom is -0.395 e. The largest absolute Gasteiger partial charge is 0.395 e. The van der Waals surface area contributed by atoms with Crippen LogP contribution in [0.3, 0.4) is 0 Å². The van der Waals surface area contributed by atoms with E-state index in [1.165, 1.54) is 17.5 Å². The molecule has 0 aliphatic carbocycles. The van der Waals surface area contributed by atoms with Gasteiger partial charge in [0.15, 0.2) is 0 Å². The first kappa shape index (κ1) is 19.4. The normalized spacial score (nSPS) is 25.2. The maximum atomic E-state index is 9.19. The number of hydrogen-bond donors (Lipinski definition) is 1. The third kappa shape index (κ3) is 5.05. The lowest BCUT2D eigenvalue weighted by atomic mass is 9.83. The third-order valence-corrected chi connectivity index (χ3v) is 5.21. The van der Waals surface area contributed by atoms with Gasteiger partial charge in [0.2, 0.25) is 0 Å². The van der Waals surface area contributed by atoms with E-state index in [1.807, 2.05) is 0 Å². The summed E-state index contributed by atoms with van der Waals surface area (Å²) < 4.78 is 6.51. The highest BCUT2D eigenvalue weighted by Gasteiger charge is 2.31. The molecule has 3 unspecified atom stereocenters. The van der Waals surface area contributed by atoms with Crippen molar-refractivity contribution in [3.63, 3.8) is 0 Å². The molecule has 2 rings (SSSR count). The first-order valence-corrected chi connectivity index (χ1v) is 9.44. The van der Waals surface area contributed by atoms with E-state index >= 15 is 0 Å². The molecule has 0 bridgehead atoms. The van der Waals surface area contributed by atoms with Crippen molar-refractivity contribution in [2.24, 2.45) is 5.92 Å². The highest BCUT2D eigenvalue weighted by atomic mass is 16.5. The molecule has 3 heteroatoms. The summed E-state index contributed by atoms with van der Waals surface area (Å²) in [5, 5.41) is 9.19. The lowest BCUT2D eigenvalue weighted by Gasteiger charge is -2.37. The Labute approximate surface area is 148 Å². The maximum Gasteiger partial charge on any atom is 0.0854 e. The van der Waals surface area contributed by atoms with Crippen LogP contribution in [0.15, 0.2) is 24.3 Å². The fourth-order valence-electron chi connectivity index (χ4n) is 3.54. The molecule has 0 amide bonds. The standard InChI is InChI=1S/C21H35NO2/c1-6-22(12-13-23)15-19-11-10-16(2)20(24-19)17-8-7-9-18(14-17)21(3,4)5/h7-9,14,16,19-20,23H,6,10-13,15H2,1-5H3. The van der Waals surface area contributed by atoms with Gasteiger partial charge in [0.25, 0.3) is 0 Å². The molecule has 1 heterocycles. The highest BCUT2D eigenvalue weighted by molar-refractivity contribution is 5.30. The van der Waals surface area contributed by atoms with Gasteiger partial charge in [-0.25, -0.2) is 0 Å². The summed E-state index contributed by atoms with van der Waals surface area (Å²) in [5.41, 5.74) is 2.84. The Bertz CT molecular complexity index is 509. The van der Waals surface area contributed by atoms with E-state index in [0.717, 1.165) is 26.1 Å². The second-order valence-electron chi connectivity index (χ2n) is 8.23. The van der Waals surface area contributed by atoms with Crippen LogP contribution in [0.4, 0.5) is 0 Å². The molecule has 1 aliphatic heterocycles. The molecule has 1 aromatic rings. The molecule has 0 radical (unpaired) electrons. The number of aliphatic hydroxyl groups is 1. The number of nitrogens with zero attached hydrogens (tertiary/aromatic N) is 1. The Morgan fingerprint density at radius 3 is 2.62 bits per heavy atom. The SMILES string of the molecule is CCN(CCO)CC1CCC(C)C(c2cccc(C(C)(C)C)c2)O1. The molecule has 1 fully saturated rings. The summed E-state index contributed by atoms with van der Waals surface area (Å²) in [5.74, 6) is 0.546. The van der Waals surface area contributed by atoms with E-state index in [2.05, 4.69) is 63.8 Å². The van der Waals surface area contributed by atoms with Gasteiger partial charge in [-0.3, -0.25) is 4.90 Å². The second kappa shape index (κ2) is 8.46. The first-order valence-electron chi connectivity index (χ1n) is 9.44. The molecule has 1 N–H and O–H groups in total. The average molecular weight is 334 g/mol. The van der Waals surface area contributed by atoms with Crippen molar-refractivity contribution in [3.05, 3.63) is 35.4 Å². The molecule has 1 saturated heterocycles. The predicted molar refractivity (Wildman–Crippen MR) is 100 cm³/mol.